The van der Waals surface area contributed by atoms with Gasteiger partial charge >= 0.3 is 10.1 Å². The minimum atomic E-state index is -3.88. The lowest BCUT2D eigenvalue weighted by Crippen LogP contribution is -2.05. The van der Waals surface area contributed by atoms with Crippen LogP contribution in [0.25, 0.3) is 0 Å². The molecule has 2 aromatic rings. The zero-order chi connectivity index (χ0) is 13.7. The molecule has 0 aliphatic heterocycles. The summed E-state index contributed by atoms with van der Waals surface area (Å²) in [4.78, 5) is 4.11. The van der Waals surface area contributed by atoms with E-state index in [2.05, 4.69) is 14.4 Å². The summed E-state index contributed by atoms with van der Waals surface area (Å²) in [7, 11) is -3.88. The highest BCUT2D eigenvalue weighted by atomic mass is 32.2. The molecular weight excluding hydrogens is 264 g/mol. The van der Waals surface area contributed by atoms with E-state index in [9.17, 15) is 8.42 Å². The van der Waals surface area contributed by atoms with Crippen molar-refractivity contribution in [2.75, 3.05) is 0 Å². The molecule has 0 radical (unpaired) electrons. The zero-order valence-corrected chi connectivity index (χ0v) is 11.0. The molecular formula is C13H12N2O3S. The molecule has 0 aliphatic rings. The number of benzene rings is 1. The van der Waals surface area contributed by atoms with Crippen molar-refractivity contribution in [3.63, 3.8) is 0 Å². The monoisotopic (exact) mass is 276 g/mol. The van der Waals surface area contributed by atoms with Gasteiger partial charge in [0.1, 0.15) is 10.6 Å². The van der Waals surface area contributed by atoms with Crippen molar-refractivity contribution in [3.8, 4) is 0 Å². The Morgan fingerprint density at radius 1 is 1.11 bits per heavy atom. The highest BCUT2D eigenvalue weighted by Gasteiger charge is 2.15. The molecule has 0 spiro atoms. The smallest absolute Gasteiger partial charge is 0.264 e. The fraction of sp³-hybridized carbons (Fsp3) is 0.0769. The standard InChI is InChI=1S/C13H12N2O3S/c1-11(13-9-5-6-10-14-13)15-18-19(16,17)12-7-3-2-4-8-12/h2-10H,1H3. The van der Waals surface area contributed by atoms with Gasteiger partial charge in [0.15, 0.2) is 0 Å². The van der Waals surface area contributed by atoms with Crippen LogP contribution in [0.4, 0.5) is 0 Å². The Labute approximate surface area is 111 Å². The second-order valence-electron chi connectivity index (χ2n) is 3.73. The minimum Gasteiger partial charge on any atom is -0.264 e. The van der Waals surface area contributed by atoms with Crippen molar-refractivity contribution in [1.29, 1.82) is 0 Å². The summed E-state index contributed by atoms with van der Waals surface area (Å²) in [6.45, 7) is 1.63. The first-order chi connectivity index (χ1) is 9.09. The van der Waals surface area contributed by atoms with Crippen LogP contribution in [0.1, 0.15) is 12.6 Å². The Bertz CT molecular complexity index is 668. The lowest BCUT2D eigenvalue weighted by Gasteiger charge is -2.02. The molecule has 0 saturated carbocycles. The van der Waals surface area contributed by atoms with Crippen molar-refractivity contribution < 1.29 is 12.7 Å². The molecule has 0 saturated heterocycles. The molecule has 1 aromatic heterocycles. The highest BCUT2D eigenvalue weighted by Crippen LogP contribution is 2.12. The molecule has 0 bridgehead atoms. The second-order valence-corrected chi connectivity index (χ2v) is 5.26. The first kappa shape index (κ1) is 13.2. The van der Waals surface area contributed by atoms with Gasteiger partial charge in [-0.2, -0.15) is 8.42 Å². The van der Waals surface area contributed by atoms with Crippen molar-refractivity contribution in [1.82, 2.24) is 4.98 Å². The third kappa shape index (κ3) is 3.38. The Morgan fingerprint density at radius 2 is 1.79 bits per heavy atom. The first-order valence-electron chi connectivity index (χ1n) is 5.54. The van der Waals surface area contributed by atoms with Crippen LogP contribution in [0, 0.1) is 0 Å². The van der Waals surface area contributed by atoms with E-state index in [1.165, 1.54) is 12.1 Å². The minimum absolute atomic E-state index is 0.0626. The third-order valence-electron chi connectivity index (χ3n) is 2.34. The van der Waals surface area contributed by atoms with Gasteiger partial charge in [0.05, 0.1) is 5.69 Å². The van der Waals surface area contributed by atoms with E-state index in [1.54, 1.807) is 49.5 Å². The van der Waals surface area contributed by atoms with Crippen LogP contribution in [0.2, 0.25) is 0 Å². The SMILES string of the molecule is CC(=NOS(=O)(=O)c1ccccc1)c1ccccn1. The fourth-order valence-corrected chi connectivity index (χ4v) is 2.15. The van der Waals surface area contributed by atoms with Gasteiger partial charge in [0, 0.05) is 6.20 Å². The molecule has 0 aliphatic carbocycles. The quantitative estimate of drug-likeness (QED) is 0.634. The number of aromatic nitrogens is 1. The maximum atomic E-state index is 11.8. The number of oxime groups is 1. The van der Waals surface area contributed by atoms with Gasteiger partial charge in [-0.15, -0.1) is 0 Å². The van der Waals surface area contributed by atoms with Crippen molar-refractivity contribution in [2.45, 2.75) is 11.8 Å². The third-order valence-corrected chi connectivity index (χ3v) is 3.46. The molecule has 0 fully saturated rings. The number of nitrogens with zero attached hydrogens (tertiary/aromatic N) is 2. The van der Waals surface area contributed by atoms with E-state index in [4.69, 9.17) is 0 Å². The van der Waals surface area contributed by atoms with E-state index in [-0.39, 0.29) is 4.90 Å². The van der Waals surface area contributed by atoms with Gasteiger partial charge in [-0.05, 0) is 31.2 Å². The van der Waals surface area contributed by atoms with Crippen LogP contribution < -0.4 is 0 Å². The van der Waals surface area contributed by atoms with E-state index >= 15 is 0 Å². The maximum absolute atomic E-state index is 11.8. The fourth-order valence-electron chi connectivity index (χ4n) is 1.36. The molecule has 5 nitrogen and oxygen atoms in total. The first-order valence-corrected chi connectivity index (χ1v) is 6.95. The summed E-state index contributed by atoms with van der Waals surface area (Å²) in [6, 6.07) is 13.1. The van der Waals surface area contributed by atoms with Crippen LogP contribution in [0.3, 0.4) is 0 Å². The number of hydrogen-bond acceptors (Lipinski definition) is 5. The average Bonchev–Trinajstić information content (AvgIpc) is 2.47. The lowest BCUT2D eigenvalue weighted by atomic mass is 10.3. The number of hydrogen-bond donors (Lipinski definition) is 0. The molecule has 0 unspecified atom stereocenters. The lowest BCUT2D eigenvalue weighted by molar-refractivity contribution is 0.338. The van der Waals surface area contributed by atoms with Crippen LogP contribution in [0.5, 0.6) is 0 Å². The number of pyridine rings is 1. The molecule has 0 N–H and O–H groups in total. The normalized spacial score (nSPS) is 12.2. The topological polar surface area (TPSA) is 68.6 Å². The molecule has 6 heteroatoms. The van der Waals surface area contributed by atoms with E-state index in [0.717, 1.165) is 0 Å². The van der Waals surface area contributed by atoms with E-state index in [0.29, 0.717) is 11.4 Å². The Balaban J connectivity index is 2.19. The maximum Gasteiger partial charge on any atom is 0.358 e. The van der Waals surface area contributed by atoms with Gasteiger partial charge in [-0.3, -0.25) is 9.27 Å². The summed E-state index contributed by atoms with van der Waals surface area (Å²) in [5.41, 5.74) is 0.950. The Hall–Kier alpha value is -2.21. The highest BCUT2D eigenvalue weighted by molar-refractivity contribution is 7.86. The van der Waals surface area contributed by atoms with Crippen LogP contribution >= 0.6 is 0 Å². The van der Waals surface area contributed by atoms with Gasteiger partial charge in [-0.1, -0.05) is 29.4 Å². The predicted octanol–water partition coefficient (Wildman–Crippen LogP) is 2.21. The summed E-state index contributed by atoms with van der Waals surface area (Å²) in [5, 5.41) is 3.61. The summed E-state index contributed by atoms with van der Waals surface area (Å²) in [6.07, 6.45) is 1.60. The molecule has 98 valence electrons. The molecule has 1 aromatic carbocycles. The van der Waals surface area contributed by atoms with Crippen molar-refractivity contribution in [3.05, 3.63) is 60.4 Å². The van der Waals surface area contributed by atoms with Crippen LogP contribution in [-0.2, 0) is 14.4 Å². The van der Waals surface area contributed by atoms with Crippen molar-refractivity contribution >= 4 is 15.8 Å². The number of rotatable bonds is 4. The summed E-state index contributed by atoms with van der Waals surface area (Å²) in [5.74, 6) is 0. The Morgan fingerprint density at radius 3 is 2.42 bits per heavy atom. The zero-order valence-electron chi connectivity index (χ0n) is 10.2. The van der Waals surface area contributed by atoms with Crippen molar-refractivity contribution in [2.24, 2.45) is 5.16 Å². The summed E-state index contributed by atoms with van der Waals surface area (Å²) >= 11 is 0. The Kier molecular flexibility index (Phi) is 3.91. The van der Waals surface area contributed by atoms with E-state index < -0.39 is 10.1 Å². The van der Waals surface area contributed by atoms with Gasteiger partial charge < -0.3 is 0 Å². The average molecular weight is 276 g/mol. The largest absolute Gasteiger partial charge is 0.358 e. The molecule has 0 amide bonds. The van der Waals surface area contributed by atoms with E-state index in [1.807, 2.05) is 0 Å². The van der Waals surface area contributed by atoms with Crippen LogP contribution in [0.15, 0.2) is 64.8 Å². The molecule has 1 heterocycles. The molecule has 19 heavy (non-hydrogen) atoms. The van der Waals surface area contributed by atoms with Gasteiger partial charge in [-0.25, -0.2) is 0 Å². The predicted molar refractivity (Wildman–Crippen MR) is 71.2 cm³/mol. The van der Waals surface area contributed by atoms with Gasteiger partial charge in [0.2, 0.25) is 0 Å². The summed E-state index contributed by atoms with van der Waals surface area (Å²) < 4.78 is 28.3. The van der Waals surface area contributed by atoms with Gasteiger partial charge in [0.25, 0.3) is 0 Å². The molecule has 2 rings (SSSR count). The van der Waals surface area contributed by atoms with Crippen LogP contribution in [-0.4, -0.2) is 19.1 Å². The molecule has 0 atom stereocenters. The second kappa shape index (κ2) is 5.62.